The number of nitrogens with zero attached hydrogens (tertiary/aromatic N) is 1. The van der Waals surface area contributed by atoms with Crippen LogP contribution in [0.2, 0.25) is 0 Å². The monoisotopic (exact) mass is 364 g/mol. The van der Waals surface area contributed by atoms with Crippen LogP contribution in [0.3, 0.4) is 0 Å². The van der Waals surface area contributed by atoms with Crippen LogP contribution in [0.25, 0.3) is 0 Å². The molecule has 25 heavy (non-hydrogen) atoms. The fourth-order valence-electron chi connectivity index (χ4n) is 3.69. The van der Waals surface area contributed by atoms with Crippen molar-refractivity contribution in [3.05, 3.63) is 24.3 Å². The molecule has 6 heteroatoms. The first-order chi connectivity index (χ1) is 12.0. The molecule has 0 bridgehead atoms. The molecule has 1 saturated heterocycles. The average Bonchev–Trinajstić information content (AvgIpc) is 2.63. The zero-order chi connectivity index (χ0) is 17.9. The Labute approximate surface area is 150 Å². The molecule has 3 rings (SSSR count). The van der Waals surface area contributed by atoms with E-state index in [4.69, 9.17) is 0 Å². The zero-order valence-electron chi connectivity index (χ0n) is 14.9. The van der Waals surface area contributed by atoms with E-state index < -0.39 is 10.0 Å². The van der Waals surface area contributed by atoms with Crippen molar-refractivity contribution in [2.24, 2.45) is 11.8 Å². The van der Waals surface area contributed by atoms with Crippen molar-refractivity contribution in [3.63, 3.8) is 0 Å². The van der Waals surface area contributed by atoms with E-state index in [1.54, 1.807) is 28.6 Å². The van der Waals surface area contributed by atoms with Crippen molar-refractivity contribution >= 4 is 21.6 Å². The SMILES string of the molecule is CC1CCN(S(=O)(=O)c2ccc(NC(=O)C3CCCCC3)cc2)CC1. The third kappa shape index (κ3) is 4.42. The van der Waals surface area contributed by atoms with Crippen molar-refractivity contribution in [2.45, 2.75) is 56.8 Å². The number of sulfonamides is 1. The van der Waals surface area contributed by atoms with Crippen molar-refractivity contribution in [1.82, 2.24) is 4.31 Å². The number of rotatable bonds is 4. The van der Waals surface area contributed by atoms with Gasteiger partial charge in [-0.1, -0.05) is 26.2 Å². The van der Waals surface area contributed by atoms with Crippen LogP contribution in [0, 0.1) is 11.8 Å². The van der Waals surface area contributed by atoms with Gasteiger partial charge in [0.15, 0.2) is 0 Å². The maximum atomic E-state index is 12.7. The van der Waals surface area contributed by atoms with Gasteiger partial charge in [-0.2, -0.15) is 4.31 Å². The summed E-state index contributed by atoms with van der Waals surface area (Å²) in [6, 6.07) is 6.59. The Kier molecular flexibility index (Phi) is 5.79. The van der Waals surface area contributed by atoms with Crippen molar-refractivity contribution in [3.8, 4) is 0 Å². The van der Waals surface area contributed by atoms with Gasteiger partial charge in [-0.05, 0) is 55.9 Å². The summed E-state index contributed by atoms with van der Waals surface area (Å²) in [5.41, 5.74) is 0.668. The highest BCUT2D eigenvalue weighted by Crippen LogP contribution is 2.26. The molecular formula is C19H28N2O3S. The van der Waals surface area contributed by atoms with Crippen LogP contribution >= 0.6 is 0 Å². The lowest BCUT2D eigenvalue weighted by molar-refractivity contribution is -0.120. The first kappa shape index (κ1) is 18.4. The van der Waals surface area contributed by atoms with E-state index in [1.165, 1.54) is 6.42 Å². The lowest BCUT2D eigenvalue weighted by Gasteiger charge is -2.29. The van der Waals surface area contributed by atoms with Crippen molar-refractivity contribution in [1.29, 1.82) is 0 Å². The highest BCUT2D eigenvalue weighted by molar-refractivity contribution is 7.89. The summed E-state index contributed by atoms with van der Waals surface area (Å²) < 4.78 is 27.0. The fraction of sp³-hybridized carbons (Fsp3) is 0.632. The quantitative estimate of drug-likeness (QED) is 0.887. The minimum Gasteiger partial charge on any atom is -0.326 e. The van der Waals surface area contributed by atoms with Crippen LogP contribution in [0.5, 0.6) is 0 Å². The van der Waals surface area contributed by atoms with E-state index in [0.717, 1.165) is 38.5 Å². The number of piperidine rings is 1. The molecule has 0 unspecified atom stereocenters. The molecule has 0 aromatic heterocycles. The predicted octanol–water partition coefficient (Wildman–Crippen LogP) is 3.63. The third-order valence-electron chi connectivity index (χ3n) is 5.48. The number of carbonyl (C=O) groups excluding carboxylic acids is 1. The fourth-order valence-corrected chi connectivity index (χ4v) is 5.16. The Hall–Kier alpha value is -1.40. The van der Waals surface area contributed by atoms with Crippen LogP contribution < -0.4 is 5.32 Å². The molecule has 0 radical (unpaired) electrons. The Morgan fingerprint density at radius 2 is 1.60 bits per heavy atom. The van der Waals surface area contributed by atoms with Crippen LogP contribution in [0.15, 0.2) is 29.2 Å². The van der Waals surface area contributed by atoms with Gasteiger partial charge in [-0.15, -0.1) is 0 Å². The number of carbonyl (C=O) groups is 1. The summed E-state index contributed by atoms with van der Waals surface area (Å²) >= 11 is 0. The van der Waals surface area contributed by atoms with Crippen molar-refractivity contribution < 1.29 is 13.2 Å². The van der Waals surface area contributed by atoms with E-state index in [9.17, 15) is 13.2 Å². The van der Waals surface area contributed by atoms with Gasteiger partial charge in [-0.3, -0.25) is 4.79 Å². The van der Waals surface area contributed by atoms with Crippen LogP contribution in [-0.2, 0) is 14.8 Å². The van der Waals surface area contributed by atoms with Gasteiger partial charge in [0.2, 0.25) is 15.9 Å². The summed E-state index contributed by atoms with van der Waals surface area (Å²) in [6.45, 7) is 3.33. The maximum absolute atomic E-state index is 12.7. The Balaban J connectivity index is 1.64. The molecule has 1 N–H and O–H groups in total. The molecule has 138 valence electrons. The summed E-state index contributed by atoms with van der Waals surface area (Å²) in [7, 11) is -3.43. The van der Waals surface area contributed by atoms with Gasteiger partial charge in [0.05, 0.1) is 4.90 Å². The minimum absolute atomic E-state index is 0.0559. The number of hydrogen-bond acceptors (Lipinski definition) is 3. The van der Waals surface area contributed by atoms with Crippen LogP contribution in [0.1, 0.15) is 51.9 Å². The van der Waals surface area contributed by atoms with Gasteiger partial charge in [-0.25, -0.2) is 8.42 Å². The van der Waals surface area contributed by atoms with Crippen LogP contribution in [0.4, 0.5) is 5.69 Å². The van der Waals surface area contributed by atoms with Crippen molar-refractivity contribution in [2.75, 3.05) is 18.4 Å². The smallest absolute Gasteiger partial charge is 0.243 e. The normalized spacial score (nSPS) is 21.2. The highest BCUT2D eigenvalue weighted by Gasteiger charge is 2.28. The maximum Gasteiger partial charge on any atom is 0.243 e. The Morgan fingerprint density at radius 3 is 2.20 bits per heavy atom. The number of anilines is 1. The molecule has 1 aromatic rings. The number of benzene rings is 1. The molecular weight excluding hydrogens is 336 g/mol. The molecule has 1 aliphatic heterocycles. The van der Waals surface area contributed by atoms with E-state index >= 15 is 0 Å². The summed E-state index contributed by atoms with van der Waals surface area (Å²) in [4.78, 5) is 12.6. The first-order valence-corrected chi connectivity index (χ1v) is 10.8. The highest BCUT2D eigenvalue weighted by atomic mass is 32.2. The third-order valence-corrected chi connectivity index (χ3v) is 7.39. The molecule has 2 aliphatic rings. The Morgan fingerprint density at radius 1 is 1.00 bits per heavy atom. The Bertz CT molecular complexity index is 686. The zero-order valence-corrected chi connectivity index (χ0v) is 15.7. The molecule has 1 aliphatic carbocycles. The lowest BCUT2D eigenvalue weighted by atomic mass is 9.88. The first-order valence-electron chi connectivity index (χ1n) is 9.38. The standard InChI is InChI=1S/C19H28N2O3S/c1-15-11-13-21(14-12-15)25(23,24)18-9-7-17(8-10-18)20-19(22)16-5-3-2-4-6-16/h7-10,15-16H,2-6,11-14H2,1H3,(H,20,22). The average molecular weight is 365 g/mol. The predicted molar refractivity (Wildman–Crippen MR) is 98.8 cm³/mol. The molecule has 5 nitrogen and oxygen atoms in total. The molecule has 0 atom stereocenters. The molecule has 0 spiro atoms. The second-order valence-electron chi connectivity index (χ2n) is 7.44. The molecule has 1 saturated carbocycles. The van der Waals surface area contributed by atoms with Gasteiger partial charge in [0.25, 0.3) is 0 Å². The number of hydrogen-bond donors (Lipinski definition) is 1. The van der Waals surface area contributed by atoms with Gasteiger partial charge in [0, 0.05) is 24.7 Å². The number of nitrogens with one attached hydrogen (secondary N) is 1. The van der Waals surface area contributed by atoms with E-state index in [2.05, 4.69) is 12.2 Å². The molecule has 1 heterocycles. The largest absolute Gasteiger partial charge is 0.326 e. The molecule has 1 amide bonds. The summed E-state index contributed by atoms with van der Waals surface area (Å²) in [5, 5.41) is 2.93. The minimum atomic E-state index is -3.43. The van der Waals surface area contributed by atoms with E-state index in [-0.39, 0.29) is 11.8 Å². The topological polar surface area (TPSA) is 66.5 Å². The second-order valence-corrected chi connectivity index (χ2v) is 9.37. The molecule has 1 aromatic carbocycles. The van der Waals surface area contributed by atoms with Gasteiger partial charge >= 0.3 is 0 Å². The van der Waals surface area contributed by atoms with Crippen LogP contribution in [-0.4, -0.2) is 31.7 Å². The second kappa shape index (κ2) is 7.87. The van der Waals surface area contributed by atoms with Gasteiger partial charge in [0.1, 0.15) is 0 Å². The summed E-state index contributed by atoms with van der Waals surface area (Å²) in [6.07, 6.45) is 7.17. The van der Waals surface area contributed by atoms with E-state index in [1.807, 2.05) is 0 Å². The molecule has 2 fully saturated rings. The summed E-state index contributed by atoms with van der Waals surface area (Å²) in [5.74, 6) is 0.733. The van der Waals surface area contributed by atoms with E-state index in [0.29, 0.717) is 29.6 Å². The number of amides is 1. The lowest BCUT2D eigenvalue weighted by Crippen LogP contribution is -2.37. The van der Waals surface area contributed by atoms with Gasteiger partial charge < -0.3 is 5.32 Å².